The lowest BCUT2D eigenvalue weighted by atomic mass is 9.92. The van der Waals surface area contributed by atoms with Crippen molar-refractivity contribution in [3.63, 3.8) is 0 Å². The minimum Gasteiger partial charge on any atom is -0.298 e. The zero-order chi connectivity index (χ0) is 18.0. The summed E-state index contributed by atoms with van der Waals surface area (Å²) in [5, 5.41) is 0. The molecule has 1 aromatic rings. The highest BCUT2D eigenvalue weighted by Crippen LogP contribution is 2.55. The molecular weight excluding hydrogens is 364 g/mol. The first-order valence-electron chi connectivity index (χ1n) is 7.94. The van der Waals surface area contributed by atoms with Crippen LogP contribution < -0.4 is 0 Å². The summed E-state index contributed by atoms with van der Waals surface area (Å²) < 4.78 is 31.2. The first-order valence-corrected chi connectivity index (χ1v) is 12.6. The van der Waals surface area contributed by atoms with E-state index in [1.54, 1.807) is 36.0 Å². The number of Topliss-reactive ketones (excluding diaryl/α,β-unsaturated/α-hetero) is 1. The maximum absolute atomic E-state index is 12.7. The molecule has 0 spiro atoms. The quantitative estimate of drug-likeness (QED) is 0.766. The summed E-state index contributed by atoms with van der Waals surface area (Å²) in [5.41, 5.74) is 0.509. The van der Waals surface area contributed by atoms with Gasteiger partial charge in [0.1, 0.15) is 5.78 Å². The van der Waals surface area contributed by atoms with E-state index in [0.717, 1.165) is 17.1 Å². The third-order valence-corrected chi connectivity index (χ3v) is 10.9. The monoisotopic (exact) mass is 390 g/mol. The molecular formula is C17H26O4S3. The fourth-order valence-corrected chi connectivity index (χ4v) is 10.3. The van der Waals surface area contributed by atoms with E-state index in [4.69, 9.17) is 3.63 Å². The van der Waals surface area contributed by atoms with Gasteiger partial charge in [0.2, 0.25) is 0 Å². The zero-order valence-corrected chi connectivity index (χ0v) is 17.2. The van der Waals surface area contributed by atoms with E-state index in [9.17, 15) is 13.2 Å². The second-order valence-electron chi connectivity index (χ2n) is 7.14. The van der Waals surface area contributed by atoms with Crippen LogP contribution in [0.2, 0.25) is 0 Å². The molecule has 0 amide bonds. The van der Waals surface area contributed by atoms with E-state index in [1.807, 2.05) is 27.7 Å². The molecule has 0 unspecified atom stereocenters. The maximum atomic E-state index is 12.7. The van der Waals surface area contributed by atoms with Crippen LogP contribution in [0.1, 0.15) is 26.3 Å². The number of carbonyl (C=O) groups excluding carboxylic acids is 1. The fourth-order valence-electron chi connectivity index (χ4n) is 2.25. The highest BCUT2D eigenvalue weighted by molar-refractivity contribution is 8.34. The van der Waals surface area contributed by atoms with Crippen molar-refractivity contribution < 1.29 is 16.8 Å². The Morgan fingerprint density at radius 3 is 2.21 bits per heavy atom. The third-order valence-electron chi connectivity index (χ3n) is 3.97. The summed E-state index contributed by atoms with van der Waals surface area (Å²) in [6.45, 7) is 7.52. The maximum Gasteiger partial charge on any atom is 0.306 e. The molecule has 2 rings (SSSR count). The van der Waals surface area contributed by atoms with Gasteiger partial charge >= 0.3 is 10.1 Å². The van der Waals surface area contributed by atoms with Crippen LogP contribution >= 0.6 is 22.1 Å². The van der Waals surface area contributed by atoms with Crippen LogP contribution in [-0.2, 0) is 18.5 Å². The van der Waals surface area contributed by atoms with Gasteiger partial charge in [-0.05, 0) is 19.1 Å². The van der Waals surface area contributed by atoms with E-state index < -0.39 is 25.8 Å². The number of thioether (sulfide) groups is 1. The van der Waals surface area contributed by atoms with Gasteiger partial charge in [-0.1, -0.05) is 38.5 Å². The number of hydrogen-bond donors (Lipinski definition) is 0. The van der Waals surface area contributed by atoms with Gasteiger partial charge in [0.15, 0.2) is 0 Å². The van der Waals surface area contributed by atoms with Gasteiger partial charge in [-0.25, -0.2) is 3.63 Å². The number of ketones is 1. The molecule has 4 nitrogen and oxygen atoms in total. The average molecular weight is 391 g/mol. The highest BCUT2D eigenvalue weighted by atomic mass is 32.3. The Hall–Kier alpha value is -0.500. The number of aryl methyl sites for hydroxylation is 1. The van der Waals surface area contributed by atoms with Crippen molar-refractivity contribution in [3.05, 3.63) is 29.8 Å². The molecule has 1 aliphatic heterocycles. The molecule has 1 aliphatic rings. The van der Waals surface area contributed by atoms with E-state index in [0.29, 0.717) is 11.5 Å². The Bertz CT molecular complexity index is 682. The van der Waals surface area contributed by atoms with Crippen molar-refractivity contribution in [1.82, 2.24) is 0 Å². The van der Waals surface area contributed by atoms with Crippen LogP contribution in [0.5, 0.6) is 0 Å². The van der Waals surface area contributed by atoms with Crippen LogP contribution in [0.3, 0.4) is 0 Å². The zero-order valence-electron chi connectivity index (χ0n) is 14.7. The summed E-state index contributed by atoms with van der Waals surface area (Å²) in [5.74, 6) is 3.30. The summed E-state index contributed by atoms with van der Waals surface area (Å²) in [6, 6.07) is 6.66. The first kappa shape index (κ1) is 19.8. The van der Waals surface area contributed by atoms with Gasteiger partial charge in [-0.3, -0.25) is 4.79 Å². The van der Waals surface area contributed by atoms with Gasteiger partial charge in [-0.2, -0.15) is 20.2 Å². The van der Waals surface area contributed by atoms with Crippen LogP contribution in [-0.4, -0.2) is 43.0 Å². The Labute approximate surface area is 151 Å². The third kappa shape index (κ3) is 5.00. The largest absolute Gasteiger partial charge is 0.306 e. The molecule has 7 heteroatoms. The molecule has 0 atom stereocenters. The van der Waals surface area contributed by atoms with Crippen molar-refractivity contribution in [2.75, 3.05) is 28.8 Å². The van der Waals surface area contributed by atoms with E-state index >= 15 is 0 Å². The molecule has 1 aromatic carbocycles. The molecule has 1 fully saturated rings. The Morgan fingerprint density at radius 2 is 1.71 bits per heavy atom. The number of carbonyl (C=O) groups is 1. The van der Waals surface area contributed by atoms with Gasteiger partial charge in [-0.15, -0.1) is 10.3 Å². The smallest absolute Gasteiger partial charge is 0.298 e. The minimum atomic E-state index is -3.85. The lowest BCUT2D eigenvalue weighted by Crippen LogP contribution is -2.33. The molecule has 0 N–H and O–H groups in total. The topological polar surface area (TPSA) is 60.4 Å². The average Bonchev–Trinajstić information content (AvgIpc) is 2.46. The summed E-state index contributed by atoms with van der Waals surface area (Å²) >= 11 is 1.79. The number of benzene rings is 1. The lowest BCUT2D eigenvalue weighted by Gasteiger charge is -2.41. The van der Waals surface area contributed by atoms with Gasteiger partial charge in [0.05, 0.1) is 10.6 Å². The van der Waals surface area contributed by atoms with Gasteiger partial charge in [0, 0.05) is 28.4 Å². The summed E-state index contributed by atoms with van der Waals surface area (Å²) in [7, 11) is -5.80. The Kier molecular flexibility index (Phi) is 6.11. The fraction of sp³-hybridized carbons (Fsp3) is 0.588. The second-order valence-corrected chi connectivity index (χ2v) is 13.3. The Morgan fingerprint density at radius 1 is 1.17 bits per heavy atom. The van der Waals surface area contributed by atoms with Crippen molar-refractivity contribution in [1.29, 1.82) is 0 Å². The van der Waals surface area contributed by atoms with Gasteiger partial charge in [0.25, 0.3) is 0 Å². The molecule has 0 radical (unpaired) electrons. The lowest BCUT2D eigenvalue weighted by molar-refractivity contribution is -0.123. The van der Waals surface area contributed by atoms with Crippen LogP contribution in [0.25, 0.3) is 0 Å². The molecule has 136 valence electrons. The molecule has 0 bridgehead atoms. The molecule has 0 aliphatic carbocycles. The van der Waals surface area contributed by atoms with Crippen LogP contribution in [0.4, 0.5) is 0 Å². The van der Waals surface area contributed by atoms with Crippen LogP contribution in [0.15, 0.2) is 29.2 Å². The second kappa shape index (κ2) is 7.40. The SMILES string of the molecule is Cc1ccc(S(=O)(=O)OS2(CC(=O)C(C)(C)C)CCSCC2)cc1. The van der Waals surface area contributed by atoms with E-state index in [2.05, 4.69) is 0 Å². The molecule has 0 saturated carbocycles. The molecule has 24 heavy (non-hydrogen) atoms. The van der Waals surface area contributed by atoms with Crippen molar-refractivity contribution in [2.24, 2.45) is 5.41 Å². The first-order chi connectivity index (χ1) is 11.0. The van der Waals surface area contributed by atoms with Gasteiger partial charge < -0.3 is 0 Å². The molecule has 1 saturated heterocycles. The van der Waals surface area contributed by atoms with Crippen molar-refractivity contribution in [2.45, 2.75) is 32.6 Å². The predicted octanol–water partition coefficient (Wildman–Crippen LogP) is 3.78. The van der Waals surface area contributed by atoms with Crippen LogP contribution in [0, 0.1) is 12.3 Å². The van der Waals surface area contributed by atoms with E-state index in [1.165, 1.54) is 0 Å². The standard InChI is InChI=1S/C17H26O4S3/c1-14-5-7-15(8-6-14)24(19,20)21-23(11-9-22-10-12-23)13-16(18)17(2,3)4/h5-8H,9-13H2,1-4H3. The van der Waals surface area contributed by atoms with Crippen molar-refractivity contribution in [3.8, 4) is 0 Å². The molecule has 0 aromatic heterocycles. The van der Waals surface area contributed by atoms with Crippen molar-refractivity contribution >= 4 is 38.0 Å². The number of hydrogen-bond acceptors (Lipinski definition) is 5. The summed E-state index contributed by atoms with van der Waals surface area (Å²) in [6.07, 6.45) is 0. The number of rotatable bonds is 5. The summed E-state index contributed by atoms with van der Waals surface area (Å²) in [4.78, 5) is 12.7. The Balaban J connectivity index is 2.28. The molecule has 1 heterocycles. The normalized spacial score (nSPS) is 19.7. The minimum absolute atomic E-state index is 0.0727. The predicted molar refractivity (Wildman–Crippen MR) is 103 cm³/mol. The highest BCUT2D eigenvalue weighted by Gasteiger charge is 2.38. The van der Waals surface area contributed by atoms with E-state index in [-0.39, 0.29) is 16.4 Å².